The Labute approximate surface area is 262 Å². The maximum absolute atomic E-state index is 2.56. The Balaban J connectivity index is 1.18. The number of fused-ring (bicyclic) bond motifs is 7. The van der Waals surface area contributed by atoms with Crippen molar-refractivity contribution >= 4 is 22.4 Å². The highest BCUT2D eigenvalue weighted by Gasteiger charge is 2.46. The summed E-state index contributed by atoms with van der Waals surface area (Å²) in [4.78, 5) is 0. The molecule has 0 heterocycles. The minimum absolute atomic E-state index is 0.00615. The molecule has 4 aliphatic carbocycles. The minimum atomic E-state index is -0.0356. The molecule has 0 heteroatoms. The molecule has 0 saturated heterocycles. The Morgan fingerprint density at radius 1 is 0.682 bits per heavy atom. The second kappa shape index (κ2) is 8.30. The molecule has 4 aliphatic rings. The van der Waals surface area contributed by atoms with Gasteiger partial charge in [-0.2, -0.15) is 0 Å². The summed E-state index contributed by atoms with van der Waals surface area (Å²) < 4.78 is 0. The van der Waals surface area contributed by atoms with E-state index in [1.807, 2.05) is 0 Å². The van der Waals surface area contributed by atoms with Crippen LogP contribution < -0.4 is 0 Å². The van der Waals surface area contributed by atoms with Gasteiger partial charge in [0.15, 0.2) is 0 Å². The summed E-state index contributed by atoms with van der Waals surface area (Å²) in [6.45, 7) is 16.6. The first kappa shape index (κ1) is 26.3. The first-order valence-electron chi connectivity index (χ1n) is 16.4. The molecule has 5 aromatic carbocycles. The quantitative estimate of drug-likeness (QED) is 0.189. The standard InChI is InChI=1S/C44H40/c1-42(2,3)30-20-27-12-13-29-24-38-41(34-19-16-28(21-30)39(27)40(29)34)33-18-15-26(23-37(33)44(38,6)7)25-14-17-32-31-10-8-9-11-35(31)43(4,5)36(32)22-25/h8-15,17-24,41H,16H2,1-7H3. The predicted octanol–water partition coefficient (Wildman–Crippen LogP) is 11.5. The smallest absolute Gasteiger partial charge is 0.0317 e. The molecule has 44 heavy (non-hydrogen) atoms. The highest BCUT2D eigenvalue weighted by atomic mass is 14.5. The van der Waals surface area contributed by atoms with Crippen molar-refractivity contribution in [2.75, 3.05) is 0 Å². The second-order valence-electron chi connectivity index (χ2n) is 15.8. The van der Waals surface area contributed by atoms with Crippen LogP contribution in [0.4, 0.5) is 0 Å². The van der Waals surface area contributed by atoms with Gasteiger partial charge in [0, 0.05) is 16.7 Å². The lowest BCUT2D eigenvalue weighted by Crippen LogP contribution is -2.20. The molecule has 5 aromatic rings. The van der Waals surface area contributed by atoms with Gasteiger partial charge in [-0.1, -0.05) is 133 Å². The van der Waals surface area contributed by atoms with Crippen LogP contribution in [-0.2, 0) is 22.7 Å². The number of hydrogen-bond acceptors (Lipinski definition) is 0. The molecule has 0 aliphatic heterocycles. The van der Waals surface area contributed by atoms with Gasteiger partial charge < -0.3 is 0 Å². The summed E-state index contributed by atoms with van der Waals surface area (Å²) in [5.74, 6) is 0.330. The zero-order valence-corrected chi connectivity index (χ0v) is 27.0. The predicted molar refractivity (Wildman–Crippen MR) is 188 cm³/mol. The van der Waals surface area contributed by atoms with Crippen molar-refractivity contribution < 1.29 is 0 Å². The monoisotopic (exact) mass is 568 g/mol. The molecule has 0 fully saturated rings. The molecule has 0 aromatic heterocycles. The average molecular weight is 569 g/mol. The molecular weight excluding hydrogens is 528 g/mol. The summed E-state index contributed by atoms with van der Waals surface area (Å²) in [6.07, 6.45) is 6.11. The zero-order valence-electron chi connectivity index (χ0n) is 27.0. The molecule has 0 radical (unpaired) electrons. The first-order valence-corrected chi connectivity index (χ1v) is 16.4. The van der Waals surface area contributed by atoms with Crippen molar-refractivity contribution in [1.82, 2.24) is 0 Å². The zero-order chi connectivity index (χ0) is 30.3. The van der Waals surface area contributed by atoms with Crippen molar-refractivity contribution in [3.8, 4) is 22.3 Å². The molecule has 0 spiro atoms. The van der Waals surface area contributed by atoms with E-state index in [1.54, 1.807) is 5.57 Å². The Morgan fingerprint density at radius 2 is 1.41 bits per heavy atom. The topological polar surface area (TPSA) is 0 Å². The van der Waals surface area contributed by atoms with Gasteiger partial charge in [-0.3, -0.25) is 0 Å². The lowest BCUT2D eigenvalue weighted by atomic mass is 9.69. The fourth-order valence-corrected chi connectivity index (χ4v) is 9.04. The summed E-state index contributed by atoms with van der Waals surface area (Å²) in [6, 6.07) is 33.1. The van der Waals surface area contributed by atoms with Crippen molar-refractivity contribution in [2.45, 2.75) is 77.0 Å². The largest absolute Gasteiger partial charge is 0.0753 e. The van der Waals surface area contributed by atoms with Gasteiger partial charge in [-0.25, -0.2) is 0 Å². The molecule has 0 nitrogen and oxygen atoms in total. The molecular formula is C44H40. The maximum Gasteiger partial charge on any atom is 0.0317 e. The minimum Gasteiger partial charge on any atom is -0.0753 e. The lowest BCUT2D eigenvalue weighted by Gasteiger charge is -2.34. The van der Waals surface area contributed by atoms with Gasteiger partial charge in [0.05, 0.1) is 0 Å². The van der Waals surface area contributed by atoms with E-state index in [1.165, 1.54) is 83.1 Å². The second-order valence-corrected chi connectivity index (χ2v) is 15.8. The fraction of sp³-hybridized carbons (Fsp3) is 0.273. The third-order valence-electron chi connectivity index (χ3n) is 11.5. The van der Waals surface area contributed by atoms with Gasteiger partial charge in [-0.15, -0.1) is 0 Å². The highest BCUT2D eigenvalue weighted by Crippen LogP contribution is 2.60. The number of rotatable bonds is 1. The van der Waals surface area contributed by atoms with E-state index in [-0.39, 0.29) is 16.2 Å². The Kier molecular flexibility index (Phi) is 4.96. The van der Waals surface area contributed by atoms with Crippen LogP contribution in [0.25, 0.3) is 44.7 Å². The molecule has 0 bridgehead atoms. The molecule has 9 rings (SSSR count). The van der Waals surface area contributed by atoms with E-state index < -0.39 is 0 Å². The fourth-order valence-electron chi connectivity index (χ4n) is 9.04. The Hall–Kier alpha value is -4.16. The number of benzene rings is 5. The molecule has 0 saturated carbocycles. The molecule has 1 unspecified atom stereocenters. The van der Waals surface area contributed by atoms with Gasteiger partial charge in [0.2, 0.25) is 0 Å². The van der Waals surface area contributed by atoms with E-state index in [0.717, 1.165) is 6.42 Å². The SMILES string of the molecule is CC(C)(C)c1cc2c3c4c(ccc3c1)C=C1C(C4=CC2)c2ccc(-c3ccc4c(c3)C(C)(C)c3ccccc3-4)cc2C1(C)C. The third-order valence-corrected chi connectivity index (χ3v) is 11.5. The molecule has 1 atom stereocenters. The summed E-state index contributed by atoms with van der Waals surface area (Å²) >= 11 is 0. The molecule has 216 valence electrons. The van der Waals surface area contributed by atoms with Crippen molar-refractivity contribution in [1.29, 1.82) is 0 Å². The van der Waals surface area contributed by atoms with Crippen LogP contribution in [0.1, 0.15) is 98.9 Å². The van der Waals surface area contributed by atoms with Gasteiger partial charge >= 0.3 is 0 Å². The Morgan fingerprint density at radius 3 is 2.20 bits per heavy atom. The Bertz CT molecular complexity index is 2170. The molecule has 0 N–H and O–H groups in total. The van der Waals surface area contributed by atoms with Crippen LogP contribution in [-0.4, -0.2) is 0 Å². The van der Waals surface area contributed by atoms with Crippen LogP contribution in [0.2, 0.25) is 0 Å². The van der Waals surface area contributed by atoms with E-state index in [9.17, 15) is 0 Å². The van der Waals surface area contributed by atoms with Crippen molar-refractivity contribution in [3.05, 3.63) is 141 Å². The van der Waals surface area contributed by atoms with Crippen LogP contribution >= 0.6 is 0 Å². The number of allylic oxidation sites excluding steroid dienone is 3. The van der Waals surface area contributed by atoms with E-state index >= 15 is 0 Å². The molecule has 0 amide bonds. The first-order chi connectivity index (χ1) is 20.9. The van der Waals surface area contributed by atoms with Crippen LogP contribution in [0.3, 0.4) is 0 Å². The summed E-state index contributed by atoms with van der Waals surface area (Å²) in [5, 5.41) is 2.87. The lowest BCUT2D eigenvalue weighted by molar-refractivity contribution is 0.590. The van der Waals surface area contributed by atoms with Gasteiger partial charge in [0.25, 0.3) is 0 Å². The van der Waals surface area contributed by atoms with Crippen molar-refractivity contribution in [3.63, 3.8) is 0 Å². The van der Waals surface area contributed by atoms with Crippen LogP contribution in [0.5, 0.6) is 0 Å². The van der Waals surface area contributed by atoms with E-state index in [4.69, 9.17) is 0 Å². The van der Waals surface area contributed by atoms with Gasteiger partial charge in [-0.05, 0) is 113 Å². The van der Waals surface area contributed by atoms with E-state index in [2.05, 4.69) is 146 Å². The van der Waals surface area contributed by atoms with Crippen molar-refractivity contribution in [2.24, 2.45) is 0 Å². The normalized spacial score (nSPS) is 19.6. The van der Waals surface area contributed by atoms with Crippen LogP contribution in [0.15, 0.2) is 96.6 Å². The summed E-state index contributed by atoms with van der Waals surface area (Å²) in [7, 11) is 0. The average Bonchev–Trinajstić information content (AvgIpc) is 3.38. The highest BCUT2D eigenvalue weighted by molar-refractivity contribution is 6.06. The summed E-state index contributed by atoms with van der Waals surface area (Å²) in [5.41, 5.74) is 20.2. The van der Waals surface area contributed by atoms with Gasteiger partial charge in [0.1, 0.15) is 0 Å². The third kappa shape index (κ3) is 3.30. The maximum atomic E-state index is 2.56. The number of hydrogen-bond donors (Lipinski definition) is 0. The van der Waals surface area contributed by atoms with Crippen LogP contribution in [0, 0.1) is 0 Å². The van der Waals surface area contributed by atoms with E-state index in [0.29, 0.717) is 5.92 Å².